The molecule has 6 N–H and O–H groups in total. The smallest absolute Gasteiger partial charge is 0.209 e. The highest BCUT2D eigenvalue weighted by Crippen LogP contribution is 2.37. The molecule has 8 nitrogen and oxygen atoms in total. The summed E-state index contributed by atoms with van der Waals surface area (Å²) in [5, 5.41) is 8.57. The number of fused-ring (bicyclic) bond motifs is 3. The van der Waals surface area contributed by atoms with E-state index in [1.54, 1.807) is 14.1 Å². The Kier molecular flexibility index (Phi) is 7.54. The number of nitrogens with one attached hydrogen (secondary N) is 2. The summed E-state index contributed by atoms with van der Waals surface area (Å²) >= 11 is 0. The monoisotopic (exact) mass is 426 g/mol. The van der Waals surface area contributed by atoms with Crippen LogP contribution in [0.25, 0.3) is 11.1 Å². The quantitative estimate of drug-likeness (QED) is 0.290. The molecule has 0 aromatic heterocycles. The lowest BCUT2D eigenvalue weighted by Gasteiger charge is -2.07. The number of hydrazone groups is 2. The molecule has 9 heteroatoms. The summed E-state index contributed by atoms with van der Waals surface area (Å²) in [4.78, 5) is 7.68. The van der Waals surface area contributed by atoms with E-state index in [1.807, 2.05) is 13.8 Å². The van der Waals surface area contributed by atoms with Gasteiger partial charge in [-0.05, 0) is 65.8 Å². The Morgan fingerprint density at radius 1 is 0.767 bits per heavy atom. The first kappa shape index (κ1) is 22.9. The summed E-state index contributed by atoms with van der Waals surface area (Å²) in [6.07, 6.45) is 0.866. The predicted octanol–water partition coefficient (Wildman–Crippen LogP) is 2.20. The van der Waals surface area contributed by atoms with Crippen molar-refractivity contribution in [3.63, 3.8) is 0 Å². The van der Waals surface area contributed by atoms with Crippen molar-refractivity contribution in [2.75, 3.05) is 14.1 Å². The number of hydrogen-bond acceptors (Lipinski definition) is 4. The van der Waals surface area contributed by atoms with Crippen LogP contribution in [0.15, 0.2) is 56.6 Å². The van der Waals surface area contributed by atoms with Crippen molar-refractivity contribution in [1.29, 1.82) is 0 Å². The zero-order valence-corrected chi connectivity index (χ0v) is 18.3. The summed E-state index contributed by atoms with van der Waals surface area (Å²) in [6, 6.07) is 12.8. The SMILES string of the molecule is CN=C(N)N/N=C(\C)c1ccc2c(c1)Cc1cc(/C(C)=N/NC(N)=NC)ccc1-2.Cl. The fourth-order valence-corrected chi connectivity index (χ4v) is 3.17. The molecule has 158 valence electrons. The van der Waals surface area contributed by atoms with Crippen molar-refractivity contribution in [3.8, 4) is 11.1 Å². The van der Waals surface area contributed by atoms with Gasteiger partial charge in [-0.2, -0.15) is 10.2 Å². The van der Waals surface area contributed by atoms with Crippen LogP contribution in [-0.4, -0.2) is 37.4 Å². The van der Waals surface area contributed by atoms with E-state index in [1.165, 1.54) is 22.3 Å². The Bertz CT molecular complexity index is 969. The second kappa shape index (κ2) is 9.89. The van der Waals surface area contributed by atoms with Crippen LogP contribution in [-0.2, 0) is 6.42 Å². The molecule has 0 aliphatic heterocycles. The molecular formula is C21H27ClN8. The largest absolute Gasteiger partial charge is 0.369 e. The molecule has 0 radical (unpaired) electrons. The first-order chi connectivity index (χ1) is 13.9. The number of rotatable bonds is 4. The van der Waals surface area contributed by atoms with Crippen molar-refractivity contribution in [1.82, 2.24) is 10.9 Å². The molecule has 2 aromatic carbocycles. The van der Waals surface area contributed by atoms with Crippen LogP contribution >= 0.6 is 12.4 Å². The molecule has 30 heavy (non-hydrogen) atoms. The lowest BCUT2D eigenvalue weighted by Crippen LogP contribution is -2.27. The zero-order valence-electron chi connectivity index (χ0n) is 17.5. The summed E-state index contributed by atoms with van der Waals surface area (Å²) in [6.45, 7) is 3.88. The Morgan fingerprint density at radius 2 is 1.17 bits per heavy atom. The standard InChI is InChI=1S/C21H26N8.ClH/c1-12(26-28-20(22)24-3)14-5-7-18-16(9-14)11-17-10-15(6-8-19(17)18)13(2)27-29-21(23)25-4;/h5-10H,11H2,1-4H3,(H3,22,24,28)(H3,23,25,29);1H/b26-12+,27-13+;. The van der Waals surface area contributed by atoms with Crippen LogP contribution < -0.4 is 22.3 Å². The van der Waals surface area contributed by atoms with Gasteiger partial charge < -0.3 is 11.5 Å². The number of aliphatic imine (C=N–C) groups is 2. The summed E-state index contributed by atoms with van der Waals surface area (Å²) in [5.74, 6) is 0.563. The van der Waals surface area contributed by atoms with E-state index < -0.39 is 0 Å². The van der Waals surface area contributed by atoms with Gasteiger partial charge in [0.05, 0.1) is 11.4 Å². The number of hydrogen-bond donors (Lipinski definition) is 4. The molecule has 0 saturated heterocycles. The van der Waals surface area contributed by atoms with Gasteiger partial charge in [-0.15, -0.1) is 12.4 Å². The maximum absolute atomic E-state index is 5.64. The second-order valence-electron chi connectivity index (χ2n) is 6.76. The Labute approximate surface area is 182 Å². The van der Waals surface area contributed by atoms with Gasteiger partial charge in [0, 0.05) is 14.1 Å². The van der Waals surface area contributed by atoms with Gasteiger partial charge in [-0.3, -0.25) is 9.98 Å². The molecule has 0 saturated carbocycles. The summed E-state index contributed by atoms with van der Waals surface area (Å²) < 4.78 is 0. The Morgan fingerprint density at radius 3 is 1.53 bits per heavy atom. The van der Waals surface area contributed by atoms with E-state index in [9.17, 15) is 0 Å². The normalized spacial score (nSPS) is 14.0. The van der Waals surface area contributed by atoms with Crippen LogP contribution in [0.1, 0.15) is 36.1 Å². The van der Waals surface area contributed by atoms with E-state index in [2.05, 4.69) is 67.4 Å². The van der Waals surface area contributed by atoms with Gasteiger partial charge in [-0.1, -0.05) is 24.3 Å². The molecular weight excluding hydrogens is 400 g/mol. The maximum Gasteiger partial charge on any atom is 0.209 e. The number of benzene rings is 2. The van der Waals surface area contributed by atoms with E-state index in [0.717, 1.165) is 29.0 Å². The van der Waals surface area contributed by atoms with E-state index >= 15 is 0 Å². The molecule has 0 atom stereocenters. The lowest BCUT2D eigenvalue weighted by atomic mass is 10.0. The molecule has 1 aliphatic carbocycles. The molecule has 0 fully saturated rings. The van der Waals surface area contributed by atoms with E-state index in [4.69, 9.17) is 11.5 Å². The van der Waals surface area contributed by atoms with Crippen LogP contribution in [0.5, 0.6) is 0 Å². The Hall–Kier alpha value is -3.39. The van der Waals surface area contributed by atoms with Crippen molar-refractivity contribution in [3.05, 3.63) is 58.7 Å². The maximum atomic E-state index is 5.64. The van der Waals surface area contributed by atoms with Gasteiger partial charge in [-0.25, -0.2) is 10.9 Å². The highest BCUT2D eigenvalue weighted by molar-refractivity contribution is 6.02. The number of halogens is 1. The minimum atomic E-state index is 0. The molecule has 0 bridgehead atoms. The average Bonchev–Trinajstić information content (AvgIpc) is 3.11. The molecule has 3 rings (SSSR count). The van der Waals surface area contributed by atoms with E-state index in [0.29, 0.717) is 0 Å². The summed E-state index contributed by atoms with van der Waals surface area (Å²) in [5.41, 5.74) is 25.6. The van der Waals surface area contributed by atoms with Gasteiger partial charge in [0.1, 0.15) is 0 Å². The number of nitrogens with zero attached hydrogens (tertiary/aromatic N) is 4. The first-order valence-corrected chi connectivity index (χ1v) is 9.25. The van der Waals surface area contributed by atoms with Crippen molar-refractivity contribution < 1.29 is 0 Å². The van der Waals surface area contributed by atoms with Crippen LogP contribution in [0.2, 0.25) is 0 Å². The van der Waals surface area contributed by atoms with Crippen molar-refractivity contribution >= 4 is 35.7 Å². The number of guanidine groups is 2. The van der Waals surface area contributed by atoms with Crippen LogP contribution in [0, 0.1) is 0 Å². The van der Waals surface area contributed by atoms with Gasteiger partial charge in [0.25, 0.3) is 0 Å². The summed E-state index contributed by atoms with van der Waals surface area (Å²) in [7, 11) is 3.23. The Balaban J connectivity index is 0.00000320. The third kappa shape index (κ3) is 4.96. The van der Waals surface area contributed by atoms with Crippen LogP contribution in [0.3, 0.4) is 0 Å². The third-order valence-corrected chi connectivity index (χ3v) is 4.88. The van der Waals surface area contributed by atoms with Gasteiger partial charge >= 0.3 is 0 Å². The highest BCUT2D eigenvalue weighted by atomic mass is 35.5. The molecule has 0 unspecified atom stereocenters. The fraction of sp³-hybridized carbons (Fsp3) is 0.238. The molecule has 1 aliphatic rings. The molecule has 2 aromatic rings. The fourth-order valence-electron chi connectivity index (χ4n) is 3.17. The third-order valence-electron chi connectivity index (χ3n) is 4.88. The minimum Gasteiger partial charge on any atom is -0.369 e. The zero-order chi connectivity index (χ0) is 21.0. The van der Waals surface area contributed by atoms with Gasteiger partial charge in [0.15, 0.2) is 0 Å². The molecule has 0 spiro atoms. The molecule has 0 amide bonds. The first-order valence-electron chi connectivity index (χ1n) is 9.25. The molecule has 0 heterocycles. The van der Waals surface area contributed by atoms with Gasteiger partial charge in [0.2, 0.25) is 11.9 Å². The van der Waals surface area contributed by atoms with E-state index in [-0.39, 0.29) is 24.3 Å². The highest BCUT2D eigenvalue weighted by Gasteiger charge is 2.19. The van der Waals surface area contributed by atoms with Crippen molar-refractivity contribution in [2.45, 2.75) is 20.3 Å². The second-order valence-corrected chi connectivity index (χ2v) is 6.76. The topological polar surface area (TPSA) is 126 Å². The predicted molar refractivity (Wildman–Crippen MR) is 128 cm³/mol. The lowest BCUT2D eigenvalue weighted by molar-refractivity contribution is 0.997. The van der Waals surface area contributed by atoms with Crippen molar-refractivity contribution in [2.24, 2.45) is 31.7 Å². The van der Waals surface area contributed by atoms with Crippen LogP contribution in [0.4, 0.5) is 0 Å². The minimum absolute atomic E-state index is 0. The average molecular weight is 427 g/mol. The number of nitrogens with two attached hydrogens (primary N) is 2.